The number of aromatic nitrogens is 1. The maximum atomic E-state index is 12.8. The fourth-order valence-electron chi connectivity index (χ4n) is 4.10. The van der Waals surface area contributed by atoms with E-state index in [4.69, 9.17) is 0 Å². The number of anilines is 2. The van der Waals surface area contributed by atoms with Crippen molar-refractivity contribution in [3.8, 4) is 11.3 Å². The van der Waals surface area contributed by atoms with Gasteiger partial charge in [-0.1, -0.05) is 50.6 Å². The number of benzene rings is 2. The molecule has 2 N–H and O–H groups in total. The average Bonchev–Trinajstić information content (AvgIpc) is 3.46. The minimum atomic E-state index is -0.348. The average molecular weight is 491 g/mol. The quantitative estimate of drug-likeness (QED) is 0.431. The van der Waals surface area contributed by atoms with Crippen molar-refractivity contribution in [2.75, 3.05) is 23.7 Å². The van der Waals surface area contributed by atoms with Crippen LogP contribution in [0.1, 0.15) is 48.3 Å². The molecule has 7 nitrogen and oxygen atoms in total. The molecule has 1 atom stereocenters. The highest BCUT2D eigenvalue weighted by Gasteiger charge is 2.33. The first-order chi connectivity index (χ1) is 17.0. The molecule has 1 aliphatic heterocycles. The second kappa shape index (κ2) is 11.3. The van der Waals surface area contributed by atoms with E-state index in [1.54, 1.807) is 29.2 Å². The first-order valence-corrected chi connectivity index (χ1v) is 12.8. The summed E-state index contributed by atoms with van der Waals surface area (Å²) in [6.07, 6.45) is 3.03. The molecule has 8 heteroatoms. The summed E-state index contributed by atoms with van der Waals surface area (Å²) in [6.45, 7) is 5.32. The van der Waals surface area contributed by atoms with Gasteiger partial charge in [0.05, 0.1) is 11.6 Å². The van der Waals surface area contributed by atoms with E-state index in [0.29, 0.717) is 29.5 Å². The Morgan fingerprint density at radius 3 is 2.49 bits per heavy atom. The summed E-state index contributed by atoms with van der Waals surface area (Å²) in [5, 5.41) is 6.32. The van der Waals surface area contributed by atoms with Crippen LogP contribution in [0.2, 0.25) is 0 Å². The van der Waals surface area contributed by atoms with Gasteiger partial charge in [0.1, 0.15) is 0 Å². The van der Waals surface area contributed by atoms with E-state index in [1.165, 1.54) is 11.3 Å². The molecule has 1 aromatic heterocycles. The third-order valence-corrected chi connectivity index (χ3v) is 7.18. The third kappa shape index (κ3) is 5.95. The molecule has 0 saturated carbocycles. The maximum absolute atomic E-state index is 12.8. The van der Waals surface area contributed by atoms with Gasteiger partial charge in [-0.2, -0.15) is 0 Å². The molecular weight excluding hydrogens is 460 g/mol. The second-order valence-corrected chi connectivity index (χ2v) is 9.71. The van der Waals surface area contributed by atoms with Crippen molar-refractivity contribution < 1.29 is 14.4 Å². The fraction of sp³-hybridized carbons (Fsp3) is 0.333. The highest BCUT2D eigenvalue weighted by atomic mass is 32.1. The van der Waals surface area contributed by atoms with Crippen molar-refractivity contribution in [1.29, 1.82) is 0 Å². The summed E-state index contributed by atoms with van der Waals surface area (Å²) < 4.78 is 0. The van der Waals surface area contributed by atoms with Gasteiger partial charge in [-0.3, -0.25) is 19.7 Å². The van der Waals surface area contributed by atoms with E-state index in [0.717, 1.165) is 35.4 Å². The molecule has 2 heterocycles. The van der Waals surface area contributed by atoms with Gasteiger partial charge in [0.25, 0.3) is 5.91 Å². The predicted molar refractivity (Wildman–Crippen MR) is 140 cm³/mol. The van der Waals surface area contributed by atoms with Crippen LogP contribution < -0.4 is 10.6 Å². The van der Waals surface area contributed by atoms with E-state index in [9.17, 15) is 14.4 Å². The summed E-state index contributed by atoms with van der Waals surface area (Å²) in [5.41, 5.74) is 2.99. The molecular formula is C27H30N4O3S. The highest BCUT2D eigenvalue weighted by molar-refractivity contribution is 7.16. The van der Waals surface area contributed by atoms with Gasteiger partial charge in [0.15, 0.2) is 5.13 Å². The second-order valence-electron chi connectivity index (χ2n) is 8.63. The van der Waals surface area contributed by atoms with Crippen molar-refractivity contribution in [3.63, 3.8) is 0 Å². The zero-order valence-electron chi connectivity index (χ0n) is 20.0. The summed E-state index contributed by atoms with van der Waals surface area (Å²) in [4.78, 5) is 45.1. The topological polar surface area (TPSA) is 91.4 Å². The third-order valence-electron chi connectivity index (χ3n) is 6.07. The predicted octanol–water partition coefficient (Wildman–Crippen LogP) is 5.21. The molecule has 182 valence electrons. The number of hydrogen-bond donors (Lipinski definition) is 2. The summed E-state index contributed by atoms with van der Waals surface area (Å²) >= 11 is 1.48. The summed E-state index contributed by atoms with van der Waals surface area (Å²) in [5.74, 6) is -0.738. The summed E-state index contributed by atoms with van der Waals surface area (Å²) in [7, 11) is 0. The van der Waals surface area contributed by atoms with Crippen LogP contribution in [-0.2, 0) is 16.0 Å². The molecule has 0 spiro atoms. The van der Waals surface area contributed by atoms with E-state index in [1.807, 2.05) is 30.3 Å². The SMILES string of the molecule is CCCCN1CC(C(=O)Nc2ccc(C(=O)Nc3nc(-c4ccccc4)c(CC)s3)cc2)CC1=O. The number of amides is 3. The number of likely N-dealkylation sites (tertiary alicyclic amines) is 1. The fourth-order valence-corrected chi connectivity index (χ4v) is 5.02. The number of carbonyl (C=O) groups excluding carboxylic acids is 3. The van der Waals surface area contributed by atoms with Gasteiger partial charge in [0.2, 0.25) is 11.8 Å². The standard InChI is InChI=1S/C27H30N4O3S/c1-3-5-15-31-17-20(16-23(31)32)26(34)28-21-13-11-19(12-14-21)25(33)30-27-29-24(22(4-2)35-27)18-9-7-6-8-10-18/h6-14,20H,3-5,15-17H2,1-2H3,(H,28,34)(H,29,30,33). The minimum Gasteiger partial charge on any atom is -0.342 e. The lowest BCUT2D eigenvalue weighted by Crippen LogP contribution is -2.29. The van der Waals surface area contributed by atoms with Gasteiger partial charge in [-0.05, 0) is 37.1 Å². The van der Waals surface area contributed by atoms with Crippen LogP contribution in [0.15, 0.2) is 54.6 Å². The van der Waals surface area contributed by atoms with Gasteiger partial charge in [-0.25, -0.2) is 4.98 Å². The molecule has 35 heavy (non-hydrogen) atoms. The first kappa shape index (κ1) is 24.6. The smallest absolute Gasteiger partial charge is 0.257 e. The van der Waals surface area contributed by atoms with Crippen LogP contribution in [0.5, 0.6) is 0 Å². The van der Waals surface area contributed by atoms with E-state index in [2.05, 4.69) is 29.5 Å². The molecule has 4 rings (SSSR count). The normalized spacial score (nSPS) is 15.3. The zero-order chi connectivity index (χ0) is 24.8. The Morgan fingerprint density at radius 1 is 1.06 bits per heavy atom. The summed E-state index contributed by atoms with van der Waals surface area (Å²) in [6, 6.07) is 16.7. The number of hydrogen-bond acceptors (Lipinski definition) is 5. The van der Waals surface area contributed by atoms with Crippen LogP contribution >= 0.6 is 11.3 Å². The number of nitrogens with zero attached hydrogens (tertiary/aromatic N) is 2. The molecule has 3 aromatic rings. The molecule has 3 amide bonds. The zero-order valence-corrected chi connectivity index (χ0v) is 20.9. The van der Waals surface area contributed by atoms with Crippen LogP contribution in [-0.4, -0.2) is 40.7 Å². The number of rotatable bonds is 9. The van der Waals surface area contributed by atoms with Gasteiger partial charge < -0.3 is 10.2 Å². The lowest BCUT2D eigenvalue weighted by molar-refractivity contribution is -0.128. The Kier molecular flexibility index (Phi) is 7.92. The van der Waals surface area contributed by atoms with Gasteiger partial charge >= 0.3 is 0 Å². The molecule has 1 unspecified atom stereocenters. The lowest BCUT2D eigenvalue weighted by atomic mass is 10.1. The lowest BCUT2D eigenvalue weighted by Gasteiger charge is -2.16. The van der Waals surface area contributed by atoms with Crippen LogP contribution in [0.3, 0.4) is 0 Å². The highest BCUT2D eigenvalue weighted by Crippen LogP contribution is 2.31. The Hall–Kier alpha value is -3.52. The Labute approximate surface area is 209 Å². The number of unbranched alkanes of at least 4 members (excludes halogenated alkanes) is 1. The van der Waals surface area contributed by atoms with E-state index in [-0.39, 0.29) is 30.1 Å². The number of nitrogens with one attached hydrogen (secondary N) is 2. The number of aryl methyl sites for hydroxylation is 1. The van der Waals surface area contributed by atoms with Gasteiger partial charge in [-0.15, -0.1) is 11.3 Å². The van der Waals surface area contributed by atoms with E-state index < -0.39 is 0 Å². The number of thiazole rings is 1. The molecule has 1 fully saturated rings. The monoisotopic (exact) mass is 490 g/mol. The number of carbonyl (C=O) groups is 3. The van der Waals surface area contributed by atoms with Crippen LogP contribution in [0.25, 0.3) is 11.3 Å². The maximum Gasteiger partial charge on any atom is 0.257 e. The van der Waals surface area contributed by atoms with Crippen molar-refractivity contribution in [1.82, 2.24) is 9.88 Å². The van der Waals surface area contributed by atoms with Gasteiger partial charge in [0, 0.05) is 41.2 Å². The van der Waals surface area contributed by atoms with Crippen molar-refractivity contribution in [2.45, 2.75) is 39.5 Å². The Morgan fingerprint density at radius 2 is 1.80 bits per heavy atom. The Balaban J connectivity index is 1.36. The molecule has 0 radical (unpaired) electrons. The Bertz CT molecular complexity index is 1190. The minimum absolute atomic E-state index is 0.0365. The largest absolute Gasteiger partial charge is 0.342 e. The van der Waals surface area contributed by atoms with Crippen LogP contribution in [0.4, 0.5) is 10.8 Å². The molecule has 0 aliphatic carbocycles. The van der Waals surface area contributed by atoms with Crippen LogP contribution in [0, 0.1) is 5.92 Å². The van der Waals surface area contributed by atoms with Crippen molar-refractivity contribution in [3.05, 3.63) is 65.0 Å². The molecule has 1 aliphatic rings. The van der Waals surface area contributed by atoms with E-state index >= 15 is 0 Å². The first-order valence-electron chi connectivity index (χ1n) is 12.0. The molecule has 0 bridgehead atoms. The van der Waals surface area contributed by atoms with Crippen molar-refractivity contribution in [2.24, 2.45) is 5.92 Å². The molecule has 1 saturated heterocycles. The van der Waals surface area contributed by atoms with Crippen molar-refractivity contribution >= 4 is 39.9 Å². The molecule has 2 aromatic carbocycles.